The molecule has 1 aliphatic heterocycles. The molecule has 0 aromatic carbocycles. The van der Waals surface area contributed by atoms with Crippen molar-refractivity contribution < 1.29 is 21.2 Å². The molecule has 0 aromatic rings. The molecule has 1 nitrogen and oxygen atoms in total. The molecule has 0 aromatic heterocycles. The van der Waals surface area contributed by atoms with Gasteiger partial charge in [0.15, 0.2) is 0 Å². The van der Waals surface area contributed by atoms with Crippen molar-refractivity contribution in [2.75, 3.05) is 5.88 Å². The summed E-state index contributed by atoms with van der Waals surface area (Å²) < 4.78 is 2.68. The van der Waals surface area contributed by atoms with Crippen molar-refractivity contribution in [3.63, 3.8) is 0 Å². The molecule has 0 N–H and O–H groups in total. The monoisotopic (exact) mass is 322 g/mol. The molecule has 0 saturated heterocycles. The van der Waals surface area contributed by atoms with E-state index in [0.717, 1.165) is 8.61 Å². The molecule has 62 valence electrons. The molecule has 0 bridgehead atoms. The van der Waals surface area contributed by atoms with Gasteiger partial charge < -0.3 is 0 Å². The molecule has 0 amide bonds. The van der Waals surface area contributed by atoms with Crippen LogP contribution in [0, 0.1) is 0 Å². The third-order valence-corrected chi connectivity index (χ3v) is 4.77. The molecule has 1 aliphatic rings. The second kappa shape index (κ2) is 4.70. The Bertz CT molecular complexity index is 244. The van der Waals surface area contributed by atoms with Gasteiger partial charge in [0.25, 0.3) is 0 Å². The number of hydrogen-bond acceptors (Lipinski definition) is 1. The van der Waals surface area contributed by atoms with Gasteiger partial charge in [0, 0.05) is 0 Å². The van der Waals surface area contributed by atoms with Crippen LogP contribution in [0.2, 0.25) is 0 Å². The summed E-state index contributed by atoms with van der Waals surface area (Å²) in [4.78, 5) is 3.93. The standard InChI is InChI=1S/C6H4Cl3IN/c7-1-4-3-11-5(8)2-10-6(4)9/h2-3H,1H2/q-1. The number of nitrogens with zero attached hydrogens (tertiary/aromatic N) is 1. The zero-order valence-electron chi connectivity index (χ0n) is 5.32. The van der Waals surface area contributed by atoms with E-state index in [9.17, 15) is 0 Å². The Kier molecular flexibility index (Phi) is 4.20. The first-order chi connectivity index (χ1) is 5.24. The summed E-state index contributed by atoms with van der Waals surface area (Å²) >= 11 is 16.9. The van der Waals surface area contributed by atoms with Crippen molar-refractivity contribution in [3.8, 4) is 0 Å². The van der Waals surface area contributed by atoms with Crippen LogP contribution in [0.1, 0.15) is 0 Å². The van der Waals surface area contributed by atoms with E-state index in [1.807, 2.05) is 4.08 Å². The van der Waals surface area contributed by atoms with Crippen LogP contribution in [0.3, 0.4) is 0 Å². The van der Waals surface area contributed by atoms with Gasteiger partial charge in [-0.25, -0.2) is 0 Å². The van der Waals surface area contributed by atoms with Crippen LogP contribution in [-0.2, 0) is 0 Å². The predicted molar refractivity (Wildman–Crippen MR) is 46.0 cm³/mol. The average Bonchev–Trinajstić information content (AvgIpc) is 2.15. The minimum atomic E-state index is -0.321. The Labute approximate surface area is 90.4 Å². The molecular weight excluding hydrogens is 319 g/mol. The second-order valence-electron chi connectivity index (χ2n) is 1.72. The van der Waals surface area contributed by atoms with Crippen molar-refractivity contribution in [3.05, 3.63) is 17.9 Å². The summed E-state index contributed by atoms with van der Waals surface area (Å²) in [5.74, 6) is 0.403. The minimum absolute atomic E-state index is 0.321. The van der Waals surface area contributed by atoms with E-state index in [4.69, 9.17) is 34.8 Å². The number of allylic oxidation sites excluding steroid dienone is 1. The van der Waals surface area contributed by atoms with Gasteiger partial charge in [-0.05, 0) is 0 Å². The zero-order chi connectivity index (χ0) is 8.27. The van der Waals surface area contributed by atoms with E-state index >= 15 is 0 Å². The van der Waals surface area contributed by atoms with Crippen LogP contribution in [0.5, 0.6) is 0 Å². The van der Waals surface area contributed by atoms with Crippen LogP contribution < -0.4 is 21.2 Å². The Balaban J connectivity index is 2.87. The van der Waals surface area contributed by atoms with E-state index in [2.05, 4.69) is 4.99 Å². The first kappa shape index (κ1) is 9.84. The molecule has 0 aliphatic carbocycles. The SMILES string of the molecule is ClCC1=C(Cl)[I-]C=C(Cl)N=C1. The Morgan fingerprint density at radius 1 is 1.45 bits per heavy atom. The molecular formula is C6H4Cl3IN-. The van der Waals surface area contributed by atoms with E-state index in [0.29, 0.717) is 11.0 Å². The van der Waals surface area contributed by atoms with Crippen LogP contribution in [0.4, 0.5) is 0 Å². The first-order valence-corrected chi connectivity index (χ1v) is 6.33. The fourth-order valence-electron chi connectivity index (χ4n) is 0.465. The topological polar surface area (TPSA) is 12.4 Å². The molecule has 11 heavy (non-hydrogen) atoms. The van der Waals surface area contributed by atoms with Crippen molar-refractivity contribution in [2.45, 2.75) is 0 Å². The first-order valence-electron chi connectivity index (χ1n) is 2.72. The Morgan fingerprint density at radius 3 is 2.82 bits per heavy atom. The van der Waals surface area contributed by atoms with Crippen LogP contribution in [0.25, 0.3) is 0 Å². The Morgan fingerprint density at radius 2 is 2.18 bits per heavy atom. The Hall–Kier alpha value is 0.750. The van der Waals surface area contributed by atoms with Crippen molar-refractivity contribution in [1.29, 1.82) is 0 Å². The van der Waals surface area contributed by atoms with Crippen LogP contribution in [0.15, 0.2) is 22.8 Å². The summed E-state index contributed by atoms with van der Waals surface area (Å²) in [6, 6.07) is 0. The number of hydrogen-bond donors (Lipinski definition) is 0. The van der Waals surface area contributed by atoms with E-state index in [1.54, 1.807) is 6.21 Å². The van der Waals surface area contributed by atoms with Gasteiger partial charge in [-0.3, -0.25) is 0 Å². The van der Waals surface area contributed by atoms with Crippen molar-refractivity contribution in [2.24, 2.45) is 4.99 Å². The molecule has 1 heterocycles. The molecule has 0 radical (unpaired) electrons. The van der Waals surface area contributed by atoms with Crippen LogP contribution >= 0.6 is 34.8 Å². The third-order valence-electron chi connectivity index (χ3n) is 0.971. The van der Waals surface area contributed by atoms with Gasteiger partial charge in [0.2, 0.25) is 0 Å². The quantitative estimate of drug-likeness (QED) is 0.363. The fraction of sp³-hybridized carbons (Fsp3) is 0.167. The van der Waals surface area contributed by atoms with Crippen LogP contribution in [-0.4, -0.2) is 12.1 Å². The maximum absolute atomic E-state index is 5.90. The summed E-state index contributed by atoms with van der Waals surface area (Å²) in [5.41, 5.74) is 0.882. The zero-order valence-corrected chi connectivity index (χ0v) is 9.75. The average molecular weight is 323 g/mol. The van der Waals surface area contributed by atoms with Gasteiger partial charge in [-0.1, -0.05) is 0 Å². The van der Waals surface area contributed by atoms with E-state index in [1.165, 1.54) is 0 Å². The second-order valence-corrected chi connectivity index (χ2v) is 5.71. The van der Waals surface area contributed by atoms with Crippen molar-refractivity contribution >= 4 is 41.0 Å². The van der Waals surface area contributed by atoms with Gasteiger partial charge in [0.1, 0.15) is 0 Å². The van der Waals surface area contributed by atoms with E-state index in [-0.39, 0.29) is 21.2 Å². The molecule has 0 fully saturated rings. The van der Waals surface area contributed by atoms with Crippen molar-refractivity contribution in [1.82, 2.24) is 0 Å². The van der Waals surface area contributed by atoms with Gasteiger partial charge in [-0.2, -0.15) is 0 Å². The molecule has 1 rings (SSSR count). The predicted octanol–water partition coefficient (Wildman–Crippen LogP) is -0.113. The molecule has 5 heteroatoms. The molecule has 0 spiro atoms. The fourth-order valence-corrected chi connectivity index (χ4v) is 3.10. The number of rotatable bonds is 1. The summed E-state index contributed by atoms with van der Waals surface area (Å²) in [5, 5.41) is 0.510. The summed E-state index contributed by atoms with van der Waals surface area (Å²) in [7, 11) is 0. The van der Waals surface area contributed by atoms with E-state index < -0.39 is 0 Å². The number of halogens is 4. The summed E-state index contributed by atoms with van der Waals surface area (Å²) in [6.45, 7) is 0. The van der Waals surface area contributed by atoms with Gasteiger partial charge in [0.05, 0.1) is 0 Å². The molecule has 0 atom stereocenters. The third kappa shape index (κ3) is 2.93. The van der Waals surface area contributed by atoms with Gasteiger partial charge in [-0.15, -0.1) is 0 Å². The normalized spacial score (nSPS) is 19.0. The van der Waals surface area contributed by atoms with Gasteiger partial charge >= 0.3 is 90.9 Å². The summed E-state index contributed by atoms with van der Waals surface area (Å²) in [6.07, 6.45) is 1.63. The maximum atomic E-state index is 5.90. The molecule has 0 saturated carbocycles. The number of aliphatic imine (C=N–C) groups is 1. The molecule has 0 unspecified atom stereocenters. The number of alkyl halides is 1.